The van der Waals surface area contributed by atoms with Gasteiger partial charge in [-0.1, -0.05) is 31.7 Å². The highest BCUT2D eigenvalue weighted by atomic mass is 16.5. The van der Waals surface area contributed by atoms with E-state index in [1.807, 2.05) is 32.1 Å². The van der Waals surface area contributed by atoms with Crippen molar-refractivity contribution in [2.75, 3.05) is 0 Å². The third kappa shape index (κ3) is 2.38. The summed E-state index contributed by atoms with van der Waals surface area (Å²) in [7, 11) is 0. The van der Waals surface area contributed by atoms with E-state index in [2.05, 4.69) is 19.6 Å². The lowest BCUT2D eigenvalue weighted by atomic mass is 10.0. The van der Waals surface area contributed by atoms with E-state index in [-0.39, 0.29) is 6.10 Å². The van der Waals surface area contributed by atoms with Crippen LogP contribution in [0, 0.1) is 0 Å². The monoisotopic (exact) mass is 190 g/mol. The molecule has 1 rings (SSSR count). The van der Waals surface area contributed by atoms with Gasteiger partial charge in [0.15, 0.2) is 0 Å². The van der Waals surface area contributed by atoms with Gasteiger partial charge in [-0.2, -0.15) is 0 Å². The molecule has 0 aromatic heterocycles. The Balaban J connectivity index is 3.08. The summed E-state index contributed by atoms with van der Waals surface area (Å²) in [4.78, 5) is 0. The summed E-state index contributed by atoms with van der Waals surface area (Å²) in [6.07, 6.45) is 3.08. The maximum atomic E-state index is 5.73. The lowest BCUT2D eigenvalue weighted by molar-refractivity contribution is 0.240. The molecular formula is C13H18O. The number of benzene rings is 1. The van der Waals surface area contributed by atoms with Crippen molar-refractivity contribution >= 4 is 6.08 Å². The molecule has 0 aliphatic heterocycles. The van der Waals surface area contributed by atoms with Crippen LogP contribution in [0.4, 0.5) is 0 Å². The zero-order valence-corrected chi connectivity index (χ0v) is 9.21. The summed E-state index contributed by atoms with van der Waals surface area (Å²) in [5.41, 5.74) is 2.42. The van der Waals surface area contributed by atoms with E-state index in [9.17, 15) is 0 Å². The molecule has 0 spiro atoms. The summed E-state index contributed by atoms with van der Waals surface area (Å²) in [6, 6.07) is 6.10. The van der Waals surface area contributed by atoms with Gasteiger partial charge in [0.25, 0.3) is 0 Å². The Morgan fingerprint density at radius 3 is 2.64 bits per heavy atom. The molecule has 0 saturated carbocycles. The Labute approximate surface area is 86.4 Å². The van der Waals surface area contributed by atoms with Crippen molar-refractivity contribution in [1.82, 2.24) is 0 Å². The fraction of sp³-hybridized carbons (Fsp3) is 0.385. The lowest BCUT2D eigenvalue weighted by Crippen LogP contribution is -2.07. The molecule has 0 saturated heterocycles. The minimum absolute atomic E-state index is 0.223. The van der Waals surface area contributed by atoms with Gasteiger partial charge in [0.1, 0.15) is 5.75 Å². The predicted octanol–water partition coefficient (Wildman–Crippen LogP) is 3.68. The van der Waals surface area contributed by atoms with Crippen LogP contribution in [0.3, 0.4) is 0 Å². The molecule has 0 bridgehead atoms. The van der Waals surface area contributed by atoms with Crippen molar-refractivity contribution in [3.63, 3.8) is 0 Å². The highest BCUT2D eigenvalue weighted by Crippen LogP contribution is 2.24. The average molecular weight is 190 g/mol. The number of hydrogen-bond acceptors (Lipinski definition) is 1. The molecule has 1 aromatic carbocycles. The quantitative estimate of drug-likeness (QED) is 0.703. The largest absolute Gasteiger partial charge is 0.491 e. The van der Waals surface area contributed by atoms with Crippen molar-refractivity contribution in [3.8, 4) is 5.75 Å². The molecule has 0 unspecified atom stereocenters. The van der Waals surface area contributed by atoms with Crippen LogP contribution >= 0.6 is 0 Å². The minimum atomic E-state index is 0.223. The first-order valence-corrected chi connectivity index (χ1v) is 5.10. The molecule has 0 aliphatic rings. The molecule has 14 heavy (non-hydrogen) atoms. The first-order valence-electron chi connectivity index (χ1n) is 5.10. The molecule has 0 aliphatic carbocycles. The third-order valence-electron chi connectivity index (χ3n) is 2.11. The zero-order valence-electron chi connectivity index (χ0n) is 9.21. The predicted molar refractivity (Wildman–Crippen MR) is 61.7 cm³/mol. The fourth-order valence-corrected chi connectivity index (χ4v) is 1.52. The van der Waals surface area contributed by atoms with Crippen molar-refractivity contribution in [2.45, 2.75) is 33.3 Å². The zero-order chi connectivity index (χ0) is 10.6. The summed E-state index contributed by atoms with van der Waals surface area (Å²) < 4.78 is 5.73. The first kappa shape index (κ1) is 10.8. The molecule has 1 aromatic rings. The Bertz CT molecular complexity index is 313. The smallest absolute Gasteiger partial charge is 0.123 e. The summed E-state index contributed by atoms with van der Waals surface area (Å²) in [5, 5.41) is 0. The highest BCUT2D eigenvalue weighted by molar-refractivity contribution is 5.56. The van der Waals surface area contributed by atoms with E-state index in [1.54, 1.807) is 0 Å². The van der Waals surface area contributed by atoms with Gasteiger partial charge in [0.05, 0.1) is 6.10 Å². The molecule has 0 amide bonds. The van der Waals surface area contributed by atoms with Crippen LogP contribution in [0.25, 0.3) is 6.08 Å². The Hall–Kier alpha value is -1.24. The van der Waals surface area contributed by atoms with Gasteiger partial charge in [-0.15, -0.1) is 0 Å². The molecule has 0 N–H and O–H groups in total. The van der Waals surface area contributed by atoms with Crippen LogP contribution in [0.5, 0.6) is 5.75 Å². The lowest BCUT2D eigenvalue weighted by Gasteiger charge is -2.15. The summed E-state index contributed by atoms with van der Waals surface area (Å²) in [5.74, 6) is 0.986. The average Bonchev–Trinajstić information content (AvgIpc) is 2.16. The second kappa shape index (κ2) is 4.85. The molecule has 0 heterocycles. The van der Waals surface area contributed by atoms with Gasteiger partial charge >= 0.3 is 0 Å². The summed E-state index contributed by atoms with van der Waals surface area (Å²) in [6.45, 7) is 10.0. The SMILES string of the molecule is C=Cc1cccc(OC(C)C)c1CC. The number of rotatable bonds is 4. The van der Waals surface area contributed by atoms with Gasteiger partial charge < -0.3 is 4.74 Å². The van der Waals surface area contributed by atoms with E-state index in [4.69, 9.17) is 4.74 Å². The van der Waals surface area contributed by atoms with Crippen molar-refractivity contribution < 1.29 is 4.74 Å². The van der Waals surface area contributed by atoms with Gasteiger partial charge in [0.2, 0.25) is 0 Å². The Kier molecular flexibility index (Phi) is 3.75. The van der Waals surface area contributed by atoms with Crippen molar-refractivity contribution in [2.24, 2.45) is 0 Å². The summed E-state index contributed by atoms with van der Waals surface area (Å²) >= 11 is 0. The van der Waals surface area contributed by atoms with Gasteiger partial charge in [-0.25, -0.2) is 0 Å². The van der Waals surface area contributed by atoms with Crippen LogP contribution in [0.1, 0.15) is 31.9 Å². The molecule has 1 nitrogen and oxygen atoms in total. The van der Waals surface area contributed by atoms with Crippen molar-refractivity contribution in [3.05, 3.63) is 35.9 Å². The van der Waals surface area contributed by atoms with E-state index in [0.29, 0.717) is 0 Å². The second-order valence-corrected chi connectivity index (χ2v) is 3.55. The van der Waals surface area contributed by atoms with Crippen LogP contribution < -0.4 is 4.74 Å². The minimum Gasteiger partial charge on any atom is -0.491 e. The van der Waals surface area contributed by atoms with Crippen LogP contribution in [-0.2, 0) is 6.42 Å². The maximum absolute atomic E-state index is 5.73. The number of hydrogen-bond donors (Lipinski definition) is 0. The van der Waals surface area contributed by atoms with E-state index in [0.717, 1.165) is 12.2 Å². The highest BCUT2D eigenvalue weighted by Gasteiger charge is 2.06. The first-order chi connectivity index (χ1) is 6.69. The molecular weight excluding hydrogens is 172 g/mol. The molecule has 76 valence electrons. The van der Waals surface area contributed by atoms with Gasteiger partial charge in [0, 0.05) is 5.56 Å². The van der Waals surface area contributed by atoms with Crippen LogP contribution in [0.15, 0.2) is 24.8 Å². The Morgan fingerprint density at radius 2 is 2.14 bits per heavy atom. The normalized spacial score (nSPS) is 10.3. The van der Waals surface area contributed by atoms with Gasteiger partial charge in [-0.05, 0) is 31.9 Å². The second-order valence-electron chi connectivity index (χ2n) is 3.55. The van der Waals surface area contributed by atoms with Crippen molar-refractivity contribution in [1.29, 1.82) is 0 Å². The van der Waals surface area contributed by atoms with Crippen LogP contribution in [0.2, 0.25) is 0 Å². The standard InChI is InChI=1S/C13H18O/c1-5-11-8-7-9-13(12(11)6-2)14-10(3)4/h5,7-10H,1,6H2,2-4H3. The molecule has 0 atom stereocenters. The molecule has 1 heteroatoms. The van der Waals surface area contributed by atoms with Crippen LogP contribution in [-0.4, -0.2) is 6.10 Å². The van der Waals surface area contributed by atoms with E-state index in [1.165, 1.54) is 11.1 Å². The van der Waals surface area contributed by atoms with Gasteiger partial charge in [-0.3, -0.25) is 0 Å². The van der Waals surface area contributed by atoms with E-state index < -0.39 is 0 Å². The topological polar surface area (TPSA) is 9.23 Å². The van der Waals surface area contributed by atoms with E-state index >= 15 is 0 Å². The Morgan fingerprint density at radius 1 is 1.43 bits per heavy atom. The third-order valence-corrected chi connectivity index (χ3v) is 2.11. The fourth-order valence-electron chi connectivity index (χ4n) is 1.52. The molecule has 0 radical (unpaired) electrons. The molecule has 0 fully saturated rings. The number of ether oxygens (including phenoxy) is 1. The maximum Gasteiger partial charge on any atom is 0.123 e.